The van der Waals surface area contributed by atoms with Crippen LogP contribution >= 0.6 is 11.6 Å². The lowest BCUT2D eigenvalue weighted by Crippen LogP contribution is -2.35. The molecule has 2 N–H and O–H groups in total. The predicted molar refractivity (Wildman–Crippen MR) is 85.6 cm³/mol. The number of hydrogen-bond donors (Lipinski definition) is 2. The van der Waals surface area contributed by atoms with Gasteiger partial charge in [0.2, 0.25) is 10.0 Å². The number of aliphatic hydroxyl groups is 1. The topological polar surface area (TPSA) is 86.7 Å². The van der Waals surface area contributed by atoms with Crippen LogP contribution in [0.4, 0.5) is 0 Å². The van der Waals surface area contributed by atoms with Crippen molar-refractivity contribution in [3.05, 3.63) is 28.8 Å². The van der Waals surface area contributed by atoms with Crippen molar-refractivity contribution in [1.82, 2.24) is 9.62 Å². The van der Waals surface area contributed by atoms with Gasteiger partial charge in [-0.25, -0.2) is 8.42 Å². The van der Waals surface area contributed by atoms with E-state index in [2.05, 4.69) is 5.32 Å². The van der Waals surface area contributed by atoms with Crippen LogP contribution < -0.4 is 5.32 Å². The molecule has 22 heavy (non-hydrogen) atoms. The van der Waals surface area contributed by atoms with Gasteiger partial charge in [-0.3, -0.25) is 4.79 Å². The zero-order chi connectivity index (χ0) is 16.9. The highest BCUT2D eigenvalue weighted by Gasteiger charge is 2.25. The first kappa shape index (κ1) is 18.9. The summed E-state index contributed by atoms with van der Waals surface area (Å²) in [7, 11) is -3.75. The number of rotatable bonds is 7. The van der Waals surface area contributed by atoms with E-state index in [1.807, 2.05) is 0 Å². The van der Waals surface area contributed by atoms with Crippen molar-refractivity contribution < 1.29 is 18.3 Å². The van der Waals surface area contributed by atoms with Gasteiger partial charge in [0, 0.05) is 24.7 Å². The van der Waals surface area contributed by atoms with Gasteiger partial charge in [-0.15, -0.1) is 0 Å². The summed E-state index contributed by atoms with van der Waals surface area (Å²) in [6.45, 7) is 5.52. The summed E-state index contributed by atoms with van der Waals surface area (Å²) in [6.07, 6.45) is 0. The van der Waals surface area contributed by atoms with E-state index in [1.54, 1.807) is 20.8 Å². The van der Waals surface area contributed by atoms with E-state index in [1.165, 1.54) is 22.5 Å². The van der Waals surface area contributed by atoms with Gasteiger partial charge in [-0.1, -0.05) is 25.4 Å². The number of sulfonamides is 1. The second-order valence-electron chi connectivity index (χ2n) is 4.79. The number of nitrogens with zero attached hydrogens (tertiary/aromatic N) is 1. The average molecular weight is 349 g/mol. The molecule has 0 bridgehead atoms. The van der Waals surface area contributed by atoms with Crippen LogP contribution in [0.15, 0.2) is 23.1 Å². The first-order chi connectivity index (χ1) is 10.3. The van der Waals surface area contributed by atoms with Crippen molar-refractivity contribution in [3.8, 4) is 0 Å². The summed E-state index contributed by atoms with van der Waals surface area (Å²) in [6, 6.07) is 3.67. The molecule has 0 heterocycles. The van der Waals surface area contributed by atoms with Crippen molar-refractivity contribution in [2.45, 2.75) is 31.7 Å². The Morgan fingerprint density at radius 2 is 1.95 bits per heavy atom. The molecule has 1 atom stereocenters. The largest absolute Gasteiger partial charge is 0.394 e. The molecule has 124 valence electrons. The molecule has 1 amide bonds. The molecule has 6 nitrogen and oxygen atoms in total. The summed E-state index contributed by atoms with van der Waals surface area (Å²) in [5.41, 5.74) is 0.176. The first-order valence-electron chi connectivity index (χ1n) is 6.99. The van der Waals surface area contributed by atoms with E-state index in [0.717, 1.165) is 0 Å². The molecule has 0 radical (unpaired) electrons. The minimum atomic E-state index is -3.75. The van der Waals surface area contributed by atoms with Gasteiger partial charge in [0.1, 0.15) is 4.90 Å². The fraction of sp³-hybridized carbons (Fsp3) is 0.500. The highest BCUT2D eigenvalue weighted by atomic mass is 35.5. The third-order valence-corrected chi connectivity index (χ3v) is 5.70. The molecule has 1 aromatic rings. The maximum Gasteiger partial charge on any atom is 0.251 e. The molecule has 1 rings (SSSR count). The first-order valence-corrected chi connectivity index (χ1v) is 8.81. The Balaban J connectivity index is 3.23. The molecule has 0 aliphatic carbocycles. The average Bonchev–Trinajstić information content (AvgIpc) is 2.48. The van der Waals surface area contributed by atoms with Crippen LogP contribution in [0.25, 0.3) is 0 Å². The zero-order valence-corrected chi connectivity index (χ0v) is 14.4. The monoisotopic (exact) mass is 348 g/mol. The third-order valence-electron chi connectivity index (χ3n) is 3.17. The van der Waals surface area contributed by atoms with Crippen LogP contribution in [0.1, 0.15) is 31.1 Å². The summed E-state index contributed by atoms with van der Waals surface area (Å²) in [5, 5.41) is 11.6. The molecule has 0 fully saturated rings. The maximum absolute atomic E-state index is 12.5. The third kappa shape index (κ3) is 4.19. The van der Waals surface area contributed by atoms with Crippen molar-refractivity contribution >= 4 is 27.5 Å². The minimum Gasteiger partial charge on any atom is -0.394 e. The van der Waals surface area contributed by atoms with Crippen molar-refractivity contribution in [2.75, 3.05) is 19.7 Å². The molecule has 8 heteroatoms. The summed E-state index contributed by atoms with van der Waals surface area (Å²) in [5.74, 6) is -0.464. The number of benzene rings is 1. The van der Waals surface area contributed by atoms with E-state index in [-0.39, 0.29) is 22.1 Å². The smallest absolute Gasteiger partial charge is 0.251 e. The predicted octanol–water partition coefficient (Wildman–Crippen LogP) is 1.48. The van der Waals surface area contributed by atoms with Crippen LogP contribution in [0, 0.1) is 0 Å². The Morgan fingerprint density at radius 1 is 1.36 bits per heavy atom. The summed E-state index contributed by atoms with van der Waals surface area (Å²) >= 11 is 6.00. The second kappa shape index (κ2) is 7.92. The lowest BCUT2D eigenvalue weighted by atomic mass is 10.2. The number of carbonyl (C=O) groups is 1. The van der Waals surface area contributed by atoms with Crippen LogP contribution in [-0.4, -0.2) is 49.5 Å². The Labute approximate surface area is 136 Å². The van der Waals surface area contributed by atoms with Gasteiger partial charge in [-0.2, -0.15) is 4.31 Å². The van der Waals surface area contributed by atoms with Gasteiger partial charge in [0.25, 0.3) is 5.91 Å². The maximum atomic E-state index is 12.5. The number of hydrogen-bond acceptors (Lipinski definition) is 4. The quantitative estimate of drug-likeness (QED) is 0.781. The Bertz CT molecular complexity index is 630. The van der Waals surface area contributed by atoms with E-state index >= 15 is 0 Å². The molecular weight excluding hydrogens is 328 g/mol. The molecule has 0 saturated carbocycles. The minimum absolute atomic E-state index is 0.0682. The number of aliphatic hydroxyl groups excluding tert-OH is 1. The van der Waals surface area contributed by atoms with Gasteiger partial charge < -0.3 is 10.4 Å². The summed E-state index contributed by atoms with van der Waals surface area (Å²) in [4.78, 5) is 11.9. The highest BCUT2D eigenvalue weighted by molar-refractivity contribution is 7.89. The van der Waals surface area contributed by atoms with Crippen LogP contribution in [-0.2, 0) is 10.0 Å². The number of nitrogens with one attached hydrogen (secondary N) is 1. The second-order valence-corrected chi connectivity index (χ2v) is 7.11. The number of carbonyl (C=O) groups excluding carboxylic acids is 1. The lowest BCUT2D eigenvalue weighted by molar-refractivity contribution is 0.0922. The van der Waals surface area contributed by atoms with Crippen LogP contribution in [0.3, 0.4) is 0 Å². The highest BCUT2D eigenvalue weighted by Crippen LogP contribution is 2.25. The number of halogens is 1. The molecule has 0 aliphatic heterocycles. The molecular formula is C14H21ClN2O4S. The van der Waals surface area contributed by atoms with Gasteiger partial charge in [0.15, 0.2) is 0 Å². The SMILES string of the molecule is CCN(CC)S(=O)(=O)c1cc(C(=O)NC(C)CO)ccc1Cl. The lowest BCUT2D eigenvalue weighted by Gasteiger charge is -2.19. The molecule has 0 aliphatic rings. The van der Waals surface area contributed by atoms with Gasteiger partial charge >= 0.3 is 0 Å². The van der Waals surface area contributed by atoms with Crippen molar-refractivity contribution in [2.24, 2.45) is 0 Å². The molecule has 0 spiro atoms. The standard InChI is InChI=1S/C14H21ClN2O4S/c1-4-17(5-2)22(20,21)13-8-11(6-7-12(13)15)14(19)16-10(3)9-18/h6-8,10,18H,4-5,9H2,1-3H3,(H,16,19). The van der Waals surface area contributed by atoms with E-state index in [9.17, 15) is 13.2 Å². The van der Waals surface area contributed by atoms with Crippen LogP contribution in [0.2, 0.25) is 5.02 Å². The fourth-order valence-corrected chi connectivity index (χ4v) is 3.86. The van der Waals surface area contributed by atoms with Crippen LogP contribution in [0.5, 0.6) is 0 Å². The van der Waals surface area contributed by atoms with E-state index in [4.69, 9.17) is 16.7 Å². The molecule has 0 saturated heterocycles. The summed E-state index contributed by atoms with van der Waals surface area (Å²) < 4.78 is 26.3. The van der Waals surface area contributed by atoms with E-state index in [0.29, 0.717) is 13.1 Å². The Hall–Kier alpha value is -1.15. The zero-order valence-electron chi connectivity index (χ0n) is 12.8. The number of amides is 1. The Kier molecular flexibility index (Phi) is 6.80. The van der Waals surface area contributed by atoms with E-state index < -0.39 is 22.0 Å². The molecule has 1 aromatic carbocycles. The molecule has 1 unspecified atom stereocenters. The van der Waals surface area contributed by atoms with Crippen molar-refractivity contribution in [1.29, 1.82) is 0 Å². The van der Waals surface area contributed by atoms with Crippen molar-refractivity contribution in [3.63, 3.8) is 0 Å². The molecule has 0 aromatic heterocycles. The fourth-order valence-electron chi connectivity index (χ4n) is 1.90. The Morgan fingerprint density at radius 3 is 2.45 bits per heavy atom. The van der Waals surface area contributed by atoms with Gasteiger partial charge in [0.05, 0.1) is 11.6 Å². The normalized spacial score (nSPS) is 13.2. The van der Waals surface area contributed by atoms with Gasteiger partial charge in [-0.05, 0) is 25.1 Å².